The predicted octanol–water partition coefficient (Wildman–Crippen LogP) is 5.64. The van der Waals surface area contributed by atoms with Crippen LogP contribution in [0.4, 0.5) is 0 Å². The normalized spacial score (nSPS) is 13.8. The molecular weight excluding hydrogens is 235 g/mol. The number of hydrogen-bond acceptors (Lipinski definition) is 0. The van der Waals surface area contributed by atoms with Gasteiger partial charge in [0.05, 0.1) is 0 Å². The van der Waals surface area contributed by atoms with Crippen LogP contribution in [-0.4, -0.2) is 11.8 Å². The summed E-state index contributed by atoms with van der Waals surface area (Å²) >= 11 is 0. The van der Waals surface area contributed by atoms with Gasteiger partial charge in [0.2, 0.25) is 0 Å². The molecule has 102 valence electrons. The van der Waals surface area contributed by atoms with Crippen LogP contribution in [0.2, 0.25) is 0 Å². The Kier molecular flexibility index (Phi) is 4.65. The van der Waals surface area contributed by atoms with E-state index in [2.05, 4.69) is 62.1 Å². The van der Waals surface area contributed by atoms with Gasteiger partial charge in [-0.15, -0.1) is 0 Å². The lowest BCUT2D eigenvalue weighted by molar-refractivity contribution is 0.782. The second kappa shape index (κ2) is 5.33. The van der Waals surface area contributed by atoms with Crippen LogP contribution in [0.15, 0.2) is 0 Å². The fourth-order valence-electron chi connectivity index (χ4n) is 2.29. The largest absolute Gasteiger partial charge is 0.0999 e. The van der Waals surface area contributed by atoms with Crippen molar-refractivity contribution in [2.75, 3.05) is 6.66 Å². The van der Waals surface area contributed by atoms with Gasteiger partial charge in [-0.2, -0.15) is 0 Å². The van der Waals surface area contributed by atoms with Crippen LogP contribution in [0.5, 0.6) is 0 Å². The molecule has 0 heterocycles. The summed E-state index contributed by atoms with van der Waals surface area (Å²) in [4.78, 5) is 0. The van der Waals surface area contributed by atoms with Gasteiger partial charge < -0.3 is 0 Å². The molecule has 1 aromatic rings. The van der Waals surface area contributed by atoms with E-state index in [9.17, 15) is 0 Å². The fraction of sp³-hybridized carbons (Fsp3) is 0.647. The van der Waals surface area contributed by atoms with Crippen LogP contribution in [0.1, 0.15) is 54.2 Å². The molecule has 0 nitrogen and oxygen atoms in total. The maximum Gasteiger partial charge on any atom is -0.00654 e. The van der Waals surface area contributed by atoms with Crippen molar-refractivity contribution in [1.29, 1.82) is 0 Å². The van der Waals surface area contributed by atoms with E-state index in [0.717, 1.165) is 0 Å². The monoisotopic (exact) mass is 264 g/mol. The van der Waals surface area contributed by atoms with Gasteiger partial charge >= 0.3 is 0 Å². The molecule has 1 unspecified atom stereocenters. The predicted molar refractivity (Wildman–Crippen MR) is 86.4 cm³/mol. The molecule has 0 aliphatic rings. The lowest BCUT2D eigenvalue weighted by Gasteiger charge is -2.30. The molecule has 0 saturated heterocycles. The van der Waals surface area contributed by atoms with Crippen molar-refractivity contribution < 1.29 is 0 Å². The van der Waals surface area contributed by atoms with E-state index in [1.54, 1.807) is 5.56 Å². The van der Waals surface area contributed by atoms with Crippen LogP contribution in [0.3, 0.4) is 0 Å². The summed E-state index contributed by atoms with van der Waals surface area (Å²) in [5.41, 5.74) is 9.11. The van der Waals surface area contributed by atoms with E-state index >= 15 is 0 Å². The standard InChI is InChI=1S/C17H29P/c1-11-12(2)14(4)16(15(5)13(11)3)10-18(9)17(6,7)8/h10H2,1-9H3. The number of rotatable bonds is 2. The Bertz CT molecular complexity index is 421. The van der Waals surface area contributed by atoms with E-state index in [4.69, 9.17) is 0 Å². The first kappa shape index (κ1) is 15.7. The molecule has 0 spiro atoms. The first-order chi connectivity index (χ1) is 8.07. The lowest BCUT2D eigenvalue weighted by Crippen LogP contribution is -2.13. The average Bonchev–Trinajstić information content (AvgIpc) is 2.28. The summed E-state index contributed by atoms with van der Waals surface area (Å²) in [6.07, 6.45) is 1.26. The Morgan fingerprint density at radius 1 is 0.722 bits per heavy atom. The summed E-state index contributed by atoms with van der Waals surface area (Å²) in [7, 11) is 0.0353. The van der Waals surface area contributed by atoms with Crippen molar-refractivity contribution in [2.24, 2.45) is 0 Å². The van der Waals surface area contributed by atoms with Crippen molar-refractivity contribution >= 4 is 7.92 Å². The minimum atomic E-state index is 0.0353. The zero-order valence-corrected chi connectivity index (χ0v) is 14.5. The minimum Gasteiger partial charge on any atom is -0.0999 e. The van der Waals surface area contributed by atoms with Crippen molar-refractivity contribution in [3.05, 3.63) is 33.4 Å². The van der Waals surface area contributed by atoms with Crippen LogP contribution in [0.25, 0.3) is 0 Å². The molecule has 0 saturated carbocycles. The maximum absolute atomic E-state index is 2.44. The smallest absolute Gasteiger partial charge is 0.00654 e. The molecule has 1 aromatic carbocycles. The molecule has 0 bridgehead atoms. The molecule has 0 fully saturated rings. The van der Waals surface area contributed by atoms with Gasteiger partial charge in [0.25, 0.3) is 0 Å². The number of hydrogen-bond donors (Lipinski definition) is 0. The summed E-state index contributed by atoms with van der Waals surface area (Å²) in [5, 5.41) is 0.445. The second-order valence-electron chi connectivity index (χ2n) is 6.63. The quantitative estimate of drug-likeness (QED) is 0.606. The number of benzene rings is 1. The van der Waals surface area contributed by atoms with Crippen molar-refractivity contribution in [2.45, 2.75) is 66.7 Å². The molecule has 0 amide bonds. The Hall–Kier alpha value is -0.350. The van der Waals surface area contributed by atoms with E-state index in [1.807, 2.05) is 0 Å². The van der Waals surface area contributed by atoms with Crippen LogP contribution < -0.4 is 0 Å². The van der Waals surface area contributed by atoms with Crippen molar-refractivity contribution in [1.82, 2.24) is 0 Å². The van der Waals surface area contributed by atoms with E-state index < -0.39 is 0 Å². The zero-order valence-electron chi connectivity index (χ0n) is 13.7. The highest BCUT2D eigenvalue weighted by molar-refractivity contribution is 7.57. The van der Waals surface area contributed by atoms with Gasteiger partial charge in [0.1, 0.15) is 0 Å². The summed E-state index contributed by atoms with van der Waals surface area (Å²) < 4.78 is 0. The Balaban J connectivity index is 3.26. The molecular formula is C17H29P. The van der Waals surface area contributed by atoms with E-state index in [0.29, 0.717) is 5.16 Å². The fourth-order valence-corrected chi connectivity index (χ4v) is 3.71. The first-order valence-electron chi connectivity index (χ1n) is 6.84. The van der Waals surface area contributed by atoms with Gasteiger partial charge in [-0.1, -0.05) is 28.7 Å². The van der Waals surface area contributed by atoms with Gasteiger partial charge in [-0.05, 0) is 86.0 Å². The van der Waals surface area contributed by atoms with E-state index in [-0.39, 0.29) is 7.92 Å². The van der Waals surface area contributed by atoms with E-state index in [1.165, 1.54) is 34.0 Å². The van der Waals surface area contributed by atoms with Crippen molar-refractivity contribution in [3.8, 4) is 0 Å². The highest BCUT2D eigenvalue weighted by Crippen LogP contribution is 2.50. The van der Waals surface area contributed by atoms with Gasteiger partial charge in [0, 0.05) is 0 Å². The van der Waals surface area contributed by atoms with Gasteiger partial charge in [-0.3, -0.25) is 0 Å². The summed E-state index contributed by atoms with van der Waals surface area (Å²) in [5.74, 6) is 0. The molecule has 18 heavy (non-hydrogen) atoms. The third-order valence-electron chi connectivity index (χ3n) is 4.70. The SMILES string of the molecule is Cc1c(C)c(C)c(CP(C)C(C)(C)C)c(C)c1C. The van der Waals surface area contributed by atoms with Gasteiger partial charge in [0.15, 0.2) is 0 Å². The minimum absolute atomic E-state index is 0.0353. The maximum atomic E-state index is 2.44. The lowest BCUT2D eigenvalue weighted by atomic mass is 9.90. The van der Waals surface area contributed by atoms with Crippen LogP contribution in [0, 0.1) is 34.6 Å². The topological polar surface area (TPSA) is 0 Å². The third kappa shape index (κ3) is 2.97. The summed E-state index contributed by atoms with van der Waals surface area (Å²) in [6.45, 7) is 21.0. The zero-order chi connectivity index (χ0) is 14.2. The Morgan fingerprint density at radius 2 is 1.06 bits per heavy atom. The van der Waals surface area contributed by atoms with Crippen molar-refractivity contribution in [3.63, 3.8) is 0 Å². The molecule has 1 rings (SSSR count). The molecule has 1 atom stereocenters. The highest BCUT2D eigenvalue weighted by Gasteiger charge is 2.22. The first-order valence-corrected chi connectivity index (χ1v) is 8.81. The van der Waals surface area contributed by atoms with Gasteiger partial charge in [-0.25, -0.2) is 0 Å². The molecule has 0 aliphatic carbocycles. The second-order valence-corrected chi connectivity index (χ2v) is 9.68. The summed E-state index contributed by atoms with van der Waals surface area (Å²) in [6, 6.07) is 0. The molecule has 0 aromatic heterocycles. The average molecular weight is 264 g/mol. The molecule has 0 N–H and O–H groups in total. The molecule has 1 heteroatoms. The highest BCUT2D eigenvalue weighted by atomic mass is 31.1. The van der Waals surface area contributed by atoms with Crippen LogP contribution in [-0.2, 0) is 6.16 Å². The third-order valence-corrected chi connectivity index (χ3v) is 7.78. The molecule has 0 radical (unpaired) electrons. The Morgan fingerprint density at radius 3 is 1.39 bits per heavy atom. The van der Waals surface area contributed by atoms with Crippen LogP contribution >= 0.6 is 7.92 Å². The Labute approximate surface area is 115 Å². The molecule has 0 aliphatic heterocycles.